The van der Waals surface area contributed by atoms with Crippen LogP contribution in [-0.2, 0) is 0 Å². The molecule has 1 aromatic heterocycles. The second kappa shape index (κ2) is 6.53. The highest BCUT2D eigenvalue weighted by molar-refractivity contribution is 5.99. The van der Waals surface area contributed by atoms with Gasteiger partial charge in [0.25, 0.3) is 0 Å². The Bertz CT molecular complexity index is 983. The first-order valence-electron chi connectivity index (χ1n) is 9.27. The first-order valence-corrected chi connectivity index (χ1v) is 9.27. The van der Waals surface area contributed by atoms with Crippen LogP contribution >= 0.6 is 0 Å². The molecule has 7 nitrogen and oxygen atoms in total. The van der Waals surface area contributed by atoms with Gasteiger partial charge in [0.2, 0.25) is 5.43 Å². The zero-order chi connectivity index (χ0) is 19.3. The van der Waals surface area contributed by atoms with Crippen molar-refractivity contribution in [3.63, 3.8) is 0 Å². The lowest BCUT2D eigenvalue weighted by atomic mass is 10.1. The molecule has 1 saturated heterocycles. The van der Waals surface area contributed by atoms with Gasteiger partial charge in [-0.3, -0.25) is 4.79 Å². The van der Waals surface area contributed by atoms with Gasteiger partial charge in [0.15, 0.2) is 5.82 Å². The zero-order valence-electron chi connectivity index (χ0n) is 14.9. The second-order valence-electron chi connectivity index (χ2n) is 7.51. The van der Waals surface area contributed by atoms with Crippen molar-refractivity contribution in [2.45, 2.75) is 31.7 Å². The number of fused-ring (bicyclic) bond motifs is 1. The van der Waals surface area contributed by atoms with E-state index in [-0.39, 0.29) is 22.7 Å². The summed E-state index contributed by atoms with van der Waals surface area (Å²) in [5, 5.41) is 9.31. The van der Waals surface area contributed by atoms with Crippen LogP contribution in [0.2, 0.25) is 0 Å². The van der Waals surface area contributed by atoms with Gasteiger partial charge in [0.1, 0.15) is 5.56 Å². The van der Waals surface area contributed by atoms with Gasteiger partial charge in [0, 0.05) is 25.3 Å². The third-order valence-corrected chi connectivity index (χ3v) is 5.65. The van der Waals surface area contributed by atoms with Crippen LogP contribution in [0.1, 0.15) is 42.1 Å². The van der Waals surface area contributed by atoms with Crippen LogP contribution in [0, 0.1) is 11.7 Å². The first-order chi connectivity index (χ1) is 12.9. The fourth-order valence-corrected chi connectivity index (χ4v) is 4.05. The van der Waals surface area contributed by atoms with Crippen LogP contribution in [0.25, 0.3) is 10.9 Å². The van der Waals surface area contributed by atoms with E-state index in [0.717, 1.165) is 25.7 Å². The van der Waals surface area contributed by atoms with E-state index >= 15 is 4.39 Å². The van der Waals surface area contributed by atoms with Gasteiger partial charge in [-0.25, -0.2) is 9.18 Å². The number of nitrogen functional groups attached to an aromatic ring is 1. The molecule has 1 aromatic carbocycles. The third-order valence-electron chi connectivity index (χ3n) is 5.65. The molecule has 1 aliphatic heterocycles. The van der Waals surface area contributed by atoms with E-state index in [1.165, 1.54) is 6.20 Å². The predicted octanol–water partition coefficient (Wildman–Crippen LogP) is 1.93. The molecule has 2 heterocycles. The molecule has 1 unspecified atom stereocenters. The van der Waals surface area contributed by atoms with Gasteiger partial charge in [-0.2, -0.15) is 0 Å². The smallest absolute Gasteiger partial charge is 0.341 e. The van der Waals surface area contributed by atoms with Crippen molar-refractivity contribution in [2.75, 3.05) is 30.3 Å². The quantitative estimate of drug-likeness (QED) is 0.689. The maximum atomic E-state index is 15.1. The number of nitrogens with two attached hydrogens (primary N) is 2. The molecule has 4 rings (SSSR count). The van der Waals surface area contributed by atoms with E-state index in [1.807, 2.05) is 4.90 Å². The molecule has 2 aliphatic rings. The Hall–Kier alpha value is -2.61. The summed E-state index contributed by atoms with van der Waals surface area (Å²) in [6.45, 7) is 1.99. The molecule has 144 valence electrons. The molecule has 1 aliphatic carbocycles. The van der Waals surface area contributed by atoms with Crippen molar-refractivity contribution in [2.24, 2.45) is 11.7 Å². The largest absolute Gasteiger partial charge is 0.477 e. The highest BCUT2D eigenvalue weighted by Gasteiger charge is 2.31. The summed E-state index contributed by atoms with van der Waals surface area (Å²) in [4.78, 5) is 26.0. The lowest BCUT2D eigenvalue weighted by Crippen LogP contribution is -2.24. The number of benzene rings is 1. The summed E-state index contributed by atoms with van der Waals surface area (Å²) in [6, 6.07) is 1.77. The number of carbonyl (C=O) groups is 1. The molecule has 2 fully saturated rings. The number of halogens is 1. The number of hydrogen-bond donors (Lipinski definition) is 3. The van der Waals surface area contributed by atoms with Crippen molar-refractivity contribution in [1.82, 2.24) is 4.57 Å². The third kappa shape index (κ3) is 2.93. The van der Waals surface area contributed by atoms with Gasteiger partial charge >= 0.3 is 5.97 Å². The summed E-state index contributed by atoms with van der Waals surface area (Å²) in [6.07, 6.45) is 4.97. The van der Waals surface area contributed by atoms with E-state index in [2.05, 4.69) is 0 Å². The van der Waals surface area contributed by atoms with Crippen molar-refractivity contribution < 1.29 is 14.3 Å². The molecule has 0 spiro atoms. The summed E-state index contributed by atoms with van der Waals surface area (Å²) >= 11 is 0. The minimum atomic E-state index is -1.33. The Morgan fingerprint density at radius 2 is 2.07 bits per heavy atom. The van der Waals surface area contributed by atoms with Crippen LogP contribution < -0.4 is 21.8 Å². The molecule has 27 heavy (non-hydrogen) atoms. The number of rotatable bonds is 5. The topological polar surface area (TPSA) is 115 Å². The number of hydrogen-bond acceptors (Lipinski definition) is 5. The molecular formula is C19H23FN4O3. The maximum absolute atomic E-state index is 15.1. The van der Waals surface area contributed by atoms with Crippen molar-refractivity contribution >= 4 is 28.2 Å². The number of carboxylic acids is 1. The van der Waals surface area contributed by atoms with Crippen LogP contribution in [-0.4, -0.2) is 35.3 Å². The summed E-state index contributed by atoms with van der Waals surface area (Å²) < 4.78 is 16.8. The maximum Gasteiger partial charge on any atom is 0.341 e. The van der Waals surface area contributed by atoms with Gasteiger partial charge in [-0.05, 0) is 44.2 Å². The highest BCUT2D eigenvalue weighted by atomic mass is 19.1. The summed E-state index contributed by atoms with van der Waals surface area (Å²) in [7, 11) is 0. The molecule has 2 aromatic rings. The number of aromatic carboxylic acids is 1. The normalized spacial score (nSPS) is 19.8. The van der Waals surface area contributed by atoms with Crippen LogP contribution in [0.3, 0.4) is 0 Å². The predicted molar refractivity (Wildman–Crippen MR) is 102 cm³/mol. The monoisotopic (exact) mass is 374 g/mol. The van der Waals surface area contributed by atoms with Gasteiger partial charge in [-0.1, -0.05) is 0 Å². The molecular weight excluding hydrogens is 351 g/mol. The van der Waals surface area contributed by atoms with Gasteiger partial charge < -0.3 is 26.0 Å². The average molecular weight is 374 g/mol. The Morgan fingerprint density at radius 3 is 2.70 bits per heavy atom. The number of carboxylic acid groups (broad SMARTS) is 1. The van der Waals surface area contributed by atoms with Crippen LogP contribution in [0.5, 0.6) is 0 Å². The number of anilines is 2. The second-order valence-corrected chi connectivity index (χ2v) is 7.51. The molecule has 8 heteroatoms. The molecule has 1 saturated carbocycles. The minimum Gasteiger partial charge on any atom is -0.477 e. The Balaban J connectivity index is 1.90. The lowest BCUT2D eigenvalue weighted by molar-refractivity contribution is 0.0695. The summed E-state index contributed by atoms with van der Waals surface area (Å²) in [5.41, 5.74) is 11.1. The SMILES string of the molecule is NCCC1CCN(c2cc3c(c(N)c2F)c(=O)c(C(=O)O)cn3C2CC2)C1. The van der Waals surface area contributed by atoms with Gasteiger partial charge in [0.05, 0.1) is 22.3 Å². The number of nitrogens with zero attached hydrogens (tertiary/aromatic N) is 2. The highest BCUT2D eigenvalue weighted by Crippen LogP contribution is 2.40. The Labute approximate surface area is 155 Å². The van der Waals surface area contributed by atoms with E-state index < -0.39 is 17.2 Å². The lowest BCUT2D eigenvalue weighted by Gasteiger charge is -2.22. The van der Waals surface area contributed by atoms with E-state index in [4.69, 9.17) is 11.5 Å². The number of pyridine rings is 1. The minimum absolute atomic E-state index is 0.0410. The van der Waals surface area contributed by atoms with Gasteiger partial charge in [-0.15, -0.1) is 0 Å². The fraction of sp³-hybridized carbons (Fsp3) is 0.474. The zero-order valence-corrected chi connectivity index (χ0v) is 14.9. The fourth-order valence-electron chi connectivity index (χ4n) is 4.05. The van der Waals surface area contributed by atoms with Crippen LogP contribution in [0.15, 0.2) is 17.1 Å². The first kappa shape index (κ1) is 17.8. The van der Waals surface area contributed by atoms with Crippen molar-refractivity contribution in [1.29, 1.82) is 0 Å². The van der Waals surface area contributed by atoms with Crippen molar-refractivity contribution in [3.8, 4) is 0 Å². The summed E-state index contributed by atoms with van der Waals surface area (Å²) in [5.74, 6) is -1.58. The number of aromatic nitrogens is 1. The molecule has 5 N–H and O–H groups in total. The van der Waals surface area contributed by atoms with Crippen LogP contribution in [0.4, 0.5) is 15.8 Å². The average Bonchev–Trinajstić information content (AvgIpc) is 3.37. The van der Waals surface area contributed by atoms with E-state index in [1.54, 1.807) is 10.6 Å². The Kier molecular flexibility index (Phi) is 4.30. The van der Waals surface area contributed by atoms with E-state index in [0.29, 0.717) is 36.8 Å². The molecule has 0 bridgehead atoms. The van der Waals surface area contributed by atoms with Crippen molar-refractivity contribution in [3.05, 3.63) is 33.9 Å². The molecule has 0 amide bonds. The van der Waals surface area contributed by atoms with E-state index in [9.17, 15) is 14.7 Å². The molecule has 1 atom stereocenters. The molecule has 0 radical (unpaired) electrons. The Morgan fingerprint density at radius 1 is 1.33 bits per heavy atom. The standard InChI is InChI=1S/C19H23FN4O3/c20-16-14(23-6-4-10(8-23)3-5-21)7-13-15(17(16)22)18(25)12(19(26)27)9-24(13)11-1-2-11/h7,9-11H,1-6,8,21-22H2,(H,26,27).